The van der Waals surface area contributed by atoms with E-state index in [-0.39, 0.29) is 0 Å². The molecule has 1 spiro atoms. The molecule has 4 nitrogen and oxygen atoms in total. The van der Waals surface area contributed by atoms with Crippen molar-refractivity contribution < 1.29 is 0 Å². The van der Waals surface area contributed by atoms with Crippen molar-refractivity contribution in [3.63, 3.8) is 0 Å². The van der Waals surface area contributed by atoms with Gasteiger partial charge in [0.2, 0.25) is 0 Å². The molecule has 0 aliphatic heterocycles. The average Bonchev–Trinajstić information content (AvgIpc) is 3.65. The van der Waals surface area contributed by atoms with Crippen LogP contribution in [0.4, 0.5) is 51.2 Å². The zero-order valence-corrected chi connectivity index (χ0v) is 44.0. The van der Waals surface area contributed by atoms with Crippen LogP contribution in [0.5, 0.6) is 0 Å². The number of hydrogen-bond donors (Lipinski definition) is 0. The van der Waals surface area contributed by atoms with E-state index in [1.165, 1.54) is 50.2 Å². The Kier molecular flexibility index (Phi) is 13.0. The van der Waals surface area contributed by atoms with E-state index in [1.54, 1.807) is 0 Å². The van der Waals surface area contributed by atoms with Crippen molar-refractivity contribution in [3.05, 3.63) is 367 Å². The number of anilines is 9. The highest BCUT2D eigenvalue weighted by atomic mass is 15.2. The first-order valence-corrected chi connectivity index (χ1v) is 27.2. The Morgan fingerprint density at radius 1 is 0.392 bits per heavy atom. The molecule has 9 aromatic carbocycles. The van der Waals surface area contributed by atoms with Gasteiger partial charge in [0.1, 0.15) is 0 Å². The Balaban J connectivity index is 1.16. The number of allylic oxidation sites excluding steroid dienone is 13. The van der Waals surface area contributed by atoms with Crippen LogP contribution >= 0.6 is 0 Å². The summed E-state index contributed by atoms with van der Waals surface area (Å²) in [5.74, 6) is 0. The van der Waals surface area contributed by atoms with Gasteiger partial charge in [-0.05, 0) is 191 Å². The predicted octanol–water partition coefficient (Wildman–Crippen LogP) is 19.8. The number of nitrogens with zero attached hydrogens (tertiary/aromatic N) is 4. The lowest BCUT2D eigenvalue weighted by Crippen LogP contribution is -2.30. The van der Waals surface area contributed by atoms with Crippen molar-refractivity contribution in [2.75, 3.05) is 19.6 Å². The highest BCUT2D eigenvalue weighted by Gasteiger charge is 2.54. The number of fused-ring (bicyclic) bond motifs is 8. The molecule has 0 saturated carbocycles. The van der Waals surface area contributed by atoms with Crippen LogP contribution in [0.15, 0.2) is 356 Å². The van der Waals surface area contributed by atoms with Crippen LogP contribution in [0.2, 0.25) is 0 Å². The Labute approximate surface area is 464 Å². The maximum Gasteiger partial charge on any atom is 0.0725 e. The highest BCUT2D eigenvalue weighted by Crippen LogP contribution is 2.65. The summed E-state index contributed by atoms with van der Waals surface area (Å²) >= 11 is 0. The summed E-state index contributed by atoms with van der Waals surface area (Å²) < 4.78 is 0. The largest absolute Gasteiger partial charge is 0.314 e. The van der Waals surface area contributed by atoms with Crippen LogP contribution in [0.3, 0.4) is 0 Å². The number of benzene rings is 9. The van der Waals surface area contributed by atoms with E-state index in [0.29, 0.717) is 12.8 Å². The van der Waals surface area contributed by atoms with Gasteiger partial charge in [0.05, 0.1) is 5.41 Å². The summed E-state index contributed by atoms with van der Waals surface area (Å²) in [6, 6.07) is 89.8. The zero-order chi connectivity index (χ0) is 53.1. The molecule has 4 aliphatic carbocycles. The summed E-state index contributed by atoms with van der Waals surface area (Å²) in [7, 11) is 0. The Bertz CT molecular complexity index is 3710. The monoisotopic (exact) mass is 1010 g/mol. The second-order valence-electron chi connectivity index (χ2n) is 20.1. The molecule has 13 rings (SSSR count). The van der Waals surface area contributed by atoms with Crippen molar-refractivity contribution in [2.45, 2.75) is 18.3 Å². The smallest absolute Gasteiger partial charge is 0.0725 e. The molecule has 0 fully saturated rings. The molecule has 0 bridgehead atoms. The fraction of sp³-hybridized carbons (Fsp3) is 0.0400. The lowest BCUT2D eigenvalue weighted by atomic mass is 9.68. The predicted molar refractivity (Wildman–Crippen MR) is 332 cm³/mol. The van der Waals surface area contributed by atoms with Crippen molar-refractivity contribution in [3.8, 4) is 11.1 Å². The zero-order valence-electron chi connectivity index (χ0n) is 44.0. The van der Waals surface area contributed by atoms with Gasteiger partial charge in [-0.1, -0.05) is 177 Å². The van der Waals surface area contributed by atoms with Crippen molar-refractivity contribution >= 4 is 51.2 Å². The second-order valence-corrected chi connectivity index (χ2v) is 20.1. The molecule has 4 heteroatoms. The Morgan fingerprint density at radius 2 is 0.797 bits per heavy atom. The SMILES string of the molecule is C=C/C=C(\C=C)N(C1=CC2=C(CC=C1)C1=C(C=C(N(c3ccccc3)c3ccccc3)CC=C1)C21c2cc(N(c3ccccc3)c3ccccc3)ccc2-c2ccc(N(c3ccccc3)c3ccccc3)cc21)c1ccccc1. The summed E-state index contributed by atoms with van der Waals surface area (Å²) in [5.41, 5.74) is 21.9. The third-order valence-corrected chi connectivity index (χ3v) is 15.6. The maximum absolute atomic E-state index is 4.38. The van der Waals surface area contributed by atoms with Crippen LogP contribution in [0, 0.1) is 0 Å². The molecule has 0 saturated heterocycles. The normalized spacial score (nSPS) is 14.7. The summed E-state index contributed by atoms with van der Waals surface area (Å²) in [6.07, 6.45) is 21.8. The third-order valence-electron chi connectivity index (χ3n) is 15.6. The highest BCUT2D eigenvalue weighted by molar-refractivity contribution is 5.95. The fourth-order valence-electron chi connectivity index (χ4n) is 12.4. The van der Waals surface area contributed by atoms with E-state index in [9.17, 15) is 0 Å². The topological polar surface area (TPSA) is 13.0 Å². The third kappa shape index (κ3) is 8.61. The molecule has 0 aromatic heterocycles. The van der Waals surface area contributed by atoms with Crippen LogP contribution < -0.4 is 19.6 Å². The molecule has 378 valence electrons. The standard InChI is InChI=1S/C75H58N4/c1-3-28-55(4-2)76(56-29-12-5-13-30-56)63-43-26-45-67-68-46-27-44-64(77(57-31-14-6-15-32-57)58-33-16-7-17-34-58)52-72(68)75(71(67)51-63)73-53-65(78(59-35-18-8-19-36-59)60-37-20-9-21-38-60)47-49-69(73)70-50-48-66(54-74(70)75)79(61-39-22-10-23-40-61)62-41-24-11-25-42-62/h3-43,46-54H,1-2,44-45H2/b55-28+. The van der Waals surface area contributed by atoms with Crippen LogP contribution in [-0.4, -0.2) is 0 Å². The van der Waals surface area contributed by atoms with Crippen LogP contribution in [0.25, 0.3) is 11.1 Å². The van der Waals surface area contributed by atoms with Crippen molar-refractivity contribution in [1.29, 1.82) is 0 Å². The summed E-state index contributed by atoms with van der Waals surface area (Å²) in [5, 5.41) is 0. The molecule has 0 heterocycles. The summed E-state index contributed by atoms with van der Waals surface area (Å²) in [4.78, 5) is 9.58. The molecule has 0 amide bonds. The Morgan fingerprint density at radius 3 is 1.22 bits per heavy atom. The van der Waals surface area contributed by atoms with Gasteiger partial charge in [-0.25, -0.2) is 0 Å². The van der Waals surface area contributed by atoms with Gasteiger partial charge in [0.15, 0.2) is 0 Å². The molecule has 0 unspecified atom stereocenters. The summed E-state index contributed by atoms with van der Waals surface area (Å²) in [6.45, 7) is 8.55. The van der Waals surface area contributed by atoms with E-state index in [4.69, 9.17) is 0 Å². The van der Waals surface area contributed by atoms with E-state index >= 15 is 0 Å². The van der Waals surface area contributed by atoms with Gasteiger partial charge < -0.3 is 19.6 Å². The molecular weight excluding hydrogens is 957 g/mol. The van der Waals surface area contributed by atoms with Crippen LogP contribution in [0.1, 0.15) is 24.0 Å². The van der Waals surface area contributed by atoms with E-state index < -0.39 is 5.41 Å². The fourth-order valence-corrected chi connectivity index (χ4v) is 12.4. The van der Waals surface area contributed by atoms with Gasteiger partial charge in [-0.15, -0.1) is 0 Å². The number of hydrogen-bond acceptors (Lipinski definition) is 4. The quantitative estimate of drug-likeness (QED) is 0.101. The van der Waals surface area contributed by atoms with E-state index in [0.717, 1.165) is 62.6 Å². The van der Waals surface area contributed by atoms with Gasteiger partial charge in [-0.3, -0.25) is 0 Å². The first-order valence-electron chi connectivity index (χ1n) is 27.2. The van der Waals surface area contributed by atoms with Gasteiger partial charge in [0, 0.05) is 74.7 Å². The molecule has 0 N–H and O–H groups in total. The van der Waals surface area contributed by atoms with Crippen molar-refractivity contribution in [2.24, 2.45) is 0 Å². The Hall–Kier alpha value is -10.2. The first kappa shape index (κ1) is 48.5. The van der Waals surface area contributed by atoms with Gasteiger partial charge in [-0.2, -0.15) is 0 Å². The molecule has 0 radical (unpaired) electrons. The minimum Gasteiger partial charge on any atom is -0.314 e. The second kappa shape index (κ2) is 21.1. The molecule has 9 aromatic rings. The molecular formula is C75H58N4. The molecule has 79 heavy (non-hydrogen) atoms. The minimum absolute atomic E-state index is 0.714. The van der Waals surface area contributed by atoms with Gasteiger partial charge in [0.25, 0.3) is 0 Å². The molecule has 4 aliphatic rings. The van der Waals surface area contributed by atoms with Gasteiger partial charge >= 0.3 is 0 Å². The number of para-hydroxylation sites is 7. The maximum atomic E-state index is 4.38. The van der Waals surface area contributed by atoms with E-state index in [1.807, 2.05) is 12.2 Å². The van der Waals surface area contributed by atoms with E-state index in [2.05, 4.69) is 324 Å². The van der Waals surface area contributed by atoms with Crippen molar-refractivity contribution in [1.82, 2.24) is 0 Å². The average molecular weight is 1020 g/mol. The first-order chi connectivity index (χ1) is 39.1. The lowest BCUT2D eigenvalue weighted by Gasteiger charge is -2.36. The number of rotatable bonds is 14. The minimum atomic E-state index is -0.853. The molecule has 0 atom stereocenters. The lowest BCUT2D eigenvalue weighted by molar-refractivity contribution is 0.773. The van der Waals surface area contributed by atoms with Crippen LogP contribution in [-0.2, 0) is 5.41 Å².